The van der Waals surface area contributed by atoms with Crippen molar-refractivity contribution in [1.82, 2.24) is 0 Å². The lowest BCUT2D eigenvalue weighted by atomic mass is 10.2. The van der Waals surface area contributed by atoms with E-state index >= 15 is 0 Å². The molecule has 0 spiro atoms. The van der Waals surface area contributed by atoms with Gasteiger partial charge in [0, 0.05) is 37.0 Å². The Bertz CT molecular complexity index is 331. The smallest absolute Gasteiger partial charge is 0.124 e. The summed E-state index contributed by atoms with van der Waals surface area (Å²) in [6, 6.07) is 5.72. The van der Waals surface area contributed by atoms with Gasteiger partial charge in [0.1, 0.15) is 11.5 Å². The summed E-state index contributed by atoms with van der Waals surface area (Å²) in [5.41, 5.74) is 0.972. The molecule has 0 fully saturated rings. The first kappa shape index (κ1) is 14.6. The van der Waals surface area contributed by atoms with E-state index in [0.29, 0.717) is 12.5 Å². The second-order valence-corrected chi connectivity index (χ2v) is 4.50. The molecule has 1 aromatic carbocycles. The molecule has 0 amide bonds. The lowest BCUT2D eigenvalue weighted by Gasteiger charge is -2.11. The van der Waals surface area contributed by atoms with Crippen molar-refractivity contribution in [2.45, 2.75) is 13.8 Å². The first-order valence-electron chi connectivity index (χ1n) is 6.20. The highest BCUT2D eigenvalue weighted by atomic mass is 16.5. The molecule has 0 aromatic heterocycles. The van der Waals surface area contributed by atoms with Crippen LogP contribution in [0.1, 0.15) is 13.8 Å². The largest absolute Gasteiger partial charge is 0.497 e. The Morgan fingerprint density at radius 2 is 1.67 bits per heavy atom. The van der Waals surface area contributed by atoms with Crippen LogP contribution in [0.15, 0.2) is 18.2 Å². The van der Waals surface area contributed by atoms with Crippen LogP contribution in [0, 0.1) is 5.92 Å². The van der Waals surface area contributed by atoms with Crippen molar-refractivity contribution >= 4 is 5.69 Å². The average Bonchev–Trinajstić information content (AvgIpc) is 2.37. The van der Waals surface area contributed by atoms with Crippen LogP contribution in [0.5, 0.6) is 11.5 Å². The molecule has 18 heavy (non-hydrogen) atoms. The van der Waals surface area contributed by atoms with Gasteiger partial charge in [0.05, 0.1) is 20.8 Å². The number of rotatable bonds is 8. The zero-order valence-electron chi connectivity index (χ0n) is 11.7. The van der Waals surface area contributed by atoms with Crippen LogP contribution in [-0.4, -0.2) is 34.0 Å². The van der Waals surface area contributed by atoms with Gasteiger partial charge in [-0.1, -0.05) is 13.8 Å². The third-order valence-electron chi connectivity index (χ3n) is 2.38. The maximum absolute atomic E-state index is 5.50. The summed E-state index contributed by atoms with van der Waals surface area (Å²) in [6.45, 7) is 6.53. The minimum absolute atomic E-state index is 0.571. The van der Waals surface area contributed by atoms with Crippen LogP contribution in [0.25, 0.3) is 0 Å². The molecule has 0 aliphatic heterocycles. The van der Waals surface area contributed by atoms with Gasteiger partial charge in [-0.3, -0.25) is 0 Å². The molecule has 0 atom stereocenters. The van der Waals surface area contributed by atoms with Crippen LogP contribution in [-0.2, 0) is 4.74 Å². The molecule has 1 N–H and O–H groups in total. The van der Waals surface area contributed by atoms with Crippen LogP contribution in [0.3, 0.4) is 0 Å². The molecule has 102 valence electrons. The van der Waals surface area contributed by atoms with Crippen molar-refractivity contribution in [2.24, 2.45) is 5.92 Å². The maximum atomic E-state index is 5.50. The van der Waals surface area contributed by atoms with Gasteiger partial charge in [-0.05, 0) is 5.92 Å². The van der Waals surface area contributed by atoms with Gasteiger partial charge >= 0.3 is 0 Å². The number of hydrogen-bond acceptors (Lipinski definition) is 4. The molecule has 0 unspecified atom stereocenters. The van der Waals surface area contributed by atoms with Gasteiger partial charge in [0.2, 0.25) is 0 Å². The molecule has 0 aliphatic carbocycles. The second kappa shape index (κ2) is 7.82. The standard InChI is InChI=1S/C14H23NO3/c1-11(2)10-18-6-5-15-12-7-13(16-3)9-14(8-12)17-4/h7-9,11,15H,5-6,10H2,1-4H3. The maximum Gasteiger partial charge on any atom is 0.124 e. The molecule has 1 rings (SSSR count). The van der Waals surface area contributed by atoms with E-state index < -0.39 is 0 Å². The monoisotopic (exact) mass is 253 g/mol. The Balaban J connectivity index is 2.41. The van der Waals surface area contributed by atoms with Gasteiger partial charge in [0.25, 0.3) is 0 Å². The molecule has 0 aliphatic rings. The Morgan fingerprint density at radius 3 is 2.17 bits per heavy atom. The van der Waals surface area contributed by atoms with E-state index in [0.717, 1.165) is 30.3 Å². The molecular weight excluding hydrogens is 230 g/mol. The van der Waals surface area contributed by atoms with Gasteiger partial charge in [-0.2, -0.15) is 0 Å². The fourth-order valence-corrected chi connectivity index (χ4v) is 1.50. The molecule has 4 nitrogen and oxygen atoms in total. The fourth-order valence-electron chi connectivity index (χ4n) is 1.50. The SMILES string of the molecule is COc1cc(NCCOCC(C)C)cc(OC)c1. The number of hydrogen-bond donors (Lipinski definition) is 1. The number of methoxy groups -OCH3 is 2. The van der Waals surface area contributed by atoms with E-state index in [4.69, 9.17) is 14.2 Å². The quantitative estimate of drug-likeness (QED) is 0.723. The lowest BCUT2D eigenvalue weighted by Crippen LogP contribution is -2.12. The summed E-state index contributed by atoms with van der Waals surface area (Å²) in [6.07, 6.45) is 0. The summed E-state index contributed by atoms with van der Waals surface area (Å²) in [7, 11) is 3.29. The van der Waals surface area contributed by atoms with E-state index in [9.17, 15) is 0 Å². The summed E-state index contributed by atoms with van der Waals surface area (Å²) in [5, 5.41) is 3.28. The van der Waals surface area contributed by atoms with Gasteiger partial charge < -0.3 is 19.5 Å². The highest BCUT2D eigenvalue weighted by molar-refractivity contribution is 5.53. The average molecular weight is 253 g/mol. The van der Waals surface area contributed by atoms with Crippen LogP contribution in [0.4, 0.5) is 5.69 Å². The van der Waals surface area contributed by atoms with Crippen molar-refractivity contribution in [3.05, 3.63) is 18.2 Å². The topological polar surface area (TPSA) is 39.7 Å². The van der Waals surface area contributed by atoms with E-state index in [1.165, 1.54) is 0 Å². The third kappa shape index (κ3) is 5.27. The van der Waals surface area contributed by atoms with Crippen molar-refractivity contribution in [3.63, 3.8) is 0 Å². The molecule has 0 saturated carbocycles. The number of nitrogens with one attached hydrogen (secondary N) is 1. The fraction of sp³-hybridized carbons (Fsp3) is 0.571. The summed E-state index contributed by atoms with van der Waals surface area (Å²) < 4.78 is 15.9. The third-order valence-corrected chi connectivity index (χ3v) is 2.38. The normalized spacial score (nSPS) is 10.5. The predicted molar refractivity (Wildman–Crippen MR) is 73.7 cm³/mol. The Labute approximate surface area is 109 Å². The molecule has 0 heterocycles. The van der Waals surface area contributed by atoms with Gasteiger partial charge in [-0.15, -0.1) is 0 Å². The number of ether oxygens (including phenoxy) is 3. The van der Waals surface area contributed by atoms with E-state index in [-0.39, 0.29) is 0 Å². The Kier molecular flexibility index (Phi) is 6.36. The summed E-state index contributed by atoms with van der Waals surface area (Å²) in [5.74, 6) is 2.13. The predicted octanol–water partition coefficient (Wildman–Crippen LogP) is 2.79. The van der Waals surface area contributed by atoms with Gasteiger partial charge in [-0.25, -0.2) is 0 Å². The highest BCUT2D eigenvalue weighted by Crippen LogP contribution is 2.25. The molecule has 1 aromatic rings. The summed E-state index contributed by atoms with van der Waals surface area (Å²) >= 11 is 0. The van der Waals surface area contributed by atoms with Crippen molar-refractivity contribution in [3.8, 4) is 11.5 Å². The minimum Gasteiger partial charge on any atom is -0.497 e. The lowest BCUT2D eigenvalue weighted by molar-refractivity contribution is 0.118. The first-order valence-corrected chi connectivity index (χ1v) is 6.20. The van der Waals surface area contributed by atoms with Crippen molar-refractivity contribution < 1.29 is 14.2 Å². The summed E-state index contributed by atoms with van der Waals surface area (Å²) in [4.78, 5) is 0. The van der Waals surface area contributed by atoms with Crippen molar-refractivity contribution in [2.75, 3.05) is 39.3 Å². The van der Waals surface area contributed by atoms with Crippen molar-refractivity contribution in [1.29, 1.82) is 0 Å². The van der Waals surface area contributed by atoms with Crippen LogP contribution < -0.4 is 14.8 Å². The van der Waals surface area contributed by atoms with E-state index in [1.54, 1.807) is 14.2 Å². The second-order valence-electron chi connectivity index (χ2n) is 4.50. The number of benzene rings is 1. The zero-order valence-corrected chi connectivity index (χ0v) is 11.7. The van der Waals surface area contributed by atoms with Crippen LogP contribution in [0.2, 0.25) is 0 Å². The van der Waals surface area contributed by atoms with Gasteiger partial charge in [0.15, 0.2) is 0 Å². The molecule has 0 bridgehead atoms. The molecular formula is C14H23NO3. The Hall–Kier alpha value is -1.42. The molecule has 0 saturated heterocycles. The van der Waals surface area contributed by atoms with E-state index in [1.807, 2.05) is 18.2 Å². The zero-order chi connectivity index (χ0) is 13.4. The Morgan fingerprint density at radius 1 is 1.06 bits per heavy atom. The minimum atomic E-state index is 0.571. The molecule has 4 heteroatoms. The van der Waals surface area contributed by atoms with Crippen LogP contribution >= 0.6 is 0 Å². The number of anilines is 1. The molecule has 0 radical (unpaired) electrons. The highest BCUT2D eigenvalue weighted by Gasteiger charge is 2.01. The first-order chi connectivity index (χ1) is 8.65. The van der Waals surface area contributed by atoms with E-state index in [2.05, 4.69) is 19.2 Å².